The second kappa shape index (κ2) is 22.1. The maximum atomic E-state index is 6.59. The first-order chi connectivity index (χ1) is 16.6. The van der Waals surface area contributed by atoms with Gasteiger partial charge in [0.05, 0.1) is 15.7 Å². The highest BCUT2D eigenvalue weighted by molar-refractivity contribution is 6.45. The Labute approximate surface area is 227 Å². The summed E-state index contributed by atoms with van der Waals surface area (Å²) in [6.45, 7) is 6.63. The standard InChI is InChI=1S/C30H52Cl3N/c1-3-5-7-9-11-13-15-17-19-21-23-34(29-26-27(31)25-28(32)30(29)33)24-22-20-18-16-14-12-10-8-6-4-2/h25-26H,3-24H2,1-2H3. The Morgan fingerprint density at radius 3 is 1.24 bits per heavy atom. The summed E-state index contributed by atoms with van der Waals surface area (Å²) >= 11 is 19.3. The predicted octanol–water partition coefficient (Wildman–Crippen LogP) is 12.3. The van der Waals surface area contributed by atoms with E-state index in [1.807, 2.05) is 6.07 Å². The van der Waals surface area contributed by atoms with E-state index in [0.717, 1.165) is 18.8 Å². The molecule has 1 aromatic carbocycles. The Kier molecular flexibility index (Phi) is 20.8. The Hall–Kier alpha value is -0.110. The van der Waals surface area contributed by atoms with Gasteiger partial charge in [-0.3, -0.25) is 0 Å². The van der Waals surface area contributed by atoms with Gasteiger partial charge in [-0.05, 0) is 25.0 Å². The number of rotatable bonds is 23. The molecule has 0 aliphatic carbocycles. The summed E-state index contributed by atoms with van der Waals surface area (Å²) in [4.78, 5) is 2.43. The lowest BCUT2D eigenvalue weighted by Gasteiger charge is -2.26. The highest BCUT2D eigenvalue weighted by atomic mass is 35.5. The van der Waals surface area contributed by atoms with Crippen LogP contribution in [0.15, 0.2) is 12.1 Å². The molecule has 198 valence electrons. The maximum absolute atomic E-state index is 6.59. The van der Waals surface area contributed by atoms with Gasteiger partial charge in [-0.25, -0.2) is 0 Å². The smallest absolute Gasteiger partial charge is 0.0826 e. The minimum absolute atomic E-state index is 0.556. The molecule has 0 heterocycles. The summed E-state index contributed by atoms with van der Waals surface area (Å²) in [5.41, 5.74) is 1.01. The van der Waals surface area contributed by atoms with Crippen molar-refractivity contribution in [1.82, 2.24) is 0 Å². The lowest BCUT2D eigenvalue weighted by atomic mass is 10.1. The number of anilines is 1. The fourth-order valence-electron chi connectivity index (χ4n) is 4.71. The van der Waals surface area contributed by atoms with E-state index in [4.69, 9.17) is 34.8 Å². The third-order valence-electron chi connectivity index (χ3n) is 6.88. The Morgan fingerprint density at radius 2 is 0.853 bits per heavy atom. The molecule has 0 saturated heterocycles. The summed E-state index contributed by atoms with van der Waals surface area (Å²) in [6.07, 6.45) is 27.1. The molecule has 0 aromatic heterocycles. The molecule has 1 aromatic rings. The van der Waals surface area contributed by atoms with Crippen LogP contribution in [0.5, 0.6) is 0 Å². The molecule has 0 amide bonds. The van der Waals surface area contributed by atoms with Crippen molar-refractivity contribution in [2.75, 3.05) is 18.0 Å². The average molecular weight is 533 g/mol. The van der Waals surface area contributed by atoms with Crippen molar-refractivity contribution in [3.05, 3.63) is 27.2 Å². The summed E-state index contributed by atoms with van der Waals surface area (Å²) in [5, 5.41) is 1.87. The molecule has 1 nitrogen and oxygen atoms in total. The van der Waals surface area contributed by atoms with Gasteiger partial charge in [0.1, 0.15) is 0 Å². The van der Waals surface area contributed by atoms with Crippen molar-refractivity contribution in [1.29, 1.82) is 0 Å². The third kappa shape index (κ3) is 15.8. The highest BCUT2D eigenvalue weighted by Gasteiger charge is 2.14. The van der Waals surface area contributed by atoms with E-state index >= 15 is 0 Å². The molecular weight excluding hydrogens is 481 g/mol. The van der Waals surface area contributed by atoms with E-state index in [-0.39, 0.29) is 0 Å². The predicted molar refractivity (Wildman–Crippen MR) is 157 cm³/mol. The Bertz CT molecular complexity index is 581. The van der Waals surface area contributed by atoms with E-state index in [0.29, 0.717) is 15.1 Å². The molecule has 0 fully saturated rings. The molecule has 0 saturated carbocycles. The molecule has 1 rings (SSSR count). The van der Waals surface area contributed by atoms with Gasteiger partial charge < -0.3 is 4.90 Å². The fourth-order valence-corrected chi connectivity index (χ4v) is 5.42. The van der Waals surface area contributed by atoms with Crippen LogP contribution in [0.25, 0.3) is 0 Å². The number of unbranched alkanes of at least 4 members (excludes halogenated alkanes) is 18. The second-order valence-electron chi connectivity index (χ2n) is 10.1. The average Bonchev–Trinajstić information content (AvgIpc) is 2.82. The first-order valence-corrected chi connectivity index (χ1v) is 15.6. The van der Waals surface area contributed by atoms with Crippen LogP contribution in [0.3, 0.4) is 0 Å². The van der Waals surface area contributed by atoms with Gasteiger partial charge in [0, 0.05) is 18.1 Å². The quantitative estimate of drug-likeness (QED) is 0.1000. The molecule has 0 aliphatic rings. The molecule has 34 heavy (non-hydrogen) atoms. The van der Waals surface area contributed by atoms with Crippen molar-refractivity contribution in [3.63, 3.8) is 0 Å². The summed E-state index contributed by atoms with van der Waals surface area (Å²) in [6, 6.07) is 3.73. The van der Waals surface area contributed by atoms with E-state index in [1.165, 1.54) is 128 Å². The van der Waals surface area contributed by atoms with Crippen LogP contribution in [0.4, 0.5) is 5.69 Å². The van der Waals surface area contributed by atoms with Crippen LogP contribution < -0.4 is 4.90 Å². The van der Waals surface area contributed by atoms with Crippen LogP contribution in [0.2, 0.25) is 15.1 Å². The minimum atomic E-state index is 0.556. The maximum Gasteiger partial charge on any atom is 0.0826 e. The van der Waals surface area contributed by atoms with Crippen LogP contribution in [-0.4, -0.2) is 13.1 Å². The van der Waals surface area contributed by atoms with Gasteiger partial charge in [-0.15, -0.1) is 0 Å². The summed E-state index contributed by atoms with van der Waals surface area (Å²) < 4.78 is 0. The molecule has 0 N–H and O–H groups in total. The number of halogens is 3. The van der Waals surface area contributed by atoms with Crippen molar-refractivity contribution in [3.8, 4) is 0 Å². The van der Waals surface area contributed by atoms with Gasteiger partial charge in [-0.1, -0.05) is 164 Å². The molecule has 0 aliphatic heterocycles. The van der Waals surface area contributed by atoms with Crippen molar-refractivity contribution < 1.29 is 0 Å². The highest BCUT2D eigenvalue weighted by Crippen LogP contribution is 2.36. The van der Waals surface area contributed by atoms with Crippen LogP contribution in [0.1, 0.15) is 142 Å². The Balaban J connectivity index is 2.34. The van der Waals surface area contributed by atoms with Gasteiger partial charge in [0.25, 0.3) is 0 Å². The van der Waals surface area contributed by atoms with E-state index < -0.39 is 0 Å². The lowest BCUT2D eigenvalue weighted by molar-refractivity contribution is 0.543. The SMILES string of the molecule is CCCCCCCCCCCCN(CCCCCCCCCCCC)c1cc(Cl)cc(Cl)c1Cl. The fraction of sp³-hybridized carbons (Fsp3) is 0.800. The second-order valence-corrected chi connectivity index (χ2v) is 11.3. The van der Waals surface area contributed by atoms with Crippen LogP contribution >= 0.6 is 34.8 Å². The van der Waals surface area contributed by atoms with E-state index in [2.05, 4.69) is 18.7 Å². The number of nitrogens with zero attached hydrogens (tertiary/aromatic N) is 1. The molecule has 0 bridgehead atoms. The lowest BCUT2D eigenvalue weighted by Crippen LogP contribution is -2.26. The number of hydrogen-bond acceptors (Lipinski definition) is 1. The van der Waals surface area contributed by atoms with E-state index in [9.17, 15) is 0 Å². The topological polar surface area (TPSA) is 3.24 Å². The Morgan fingerprint density at radius 1 is 0.500 bits per heavy atom. The molecule has 0 radical (unpaired) electrons. The van der Waals surface area contributed by atoms with Crippen LogP contribution in [-0.2, 0) is 0 Å². The molecule has 4 heteroatoms. The van der Waals surface area contributed by atoms with Crippen molar-refractivity contribution in [2.24, 2.45) is 0 Å². The largest absolute Gasteiger partial charge is 0.370 e. The first-order valence-electron chi connectivity index (χ1n) is 14.5. The molecular formula is C30H52Cl3N. The van der Waals surface area contributed by atoms with Crippen molar-refractivity contribution in [2.45, 2.75) is 142 Å². The first kappa shape index (κ1) is 31.9. The van der Waals surface area contributed by atoms with Gasteiger partial charge in [0.15, 0.2) is 0 Å². The zero-order valence-electron chi connectivity index (χ0n) is 22.3. The zero-order chi connectivity index (χ0) is 24.9. The third-order valence-corrected chi connectivity index (χ3v) is 7.89. The molecule has 0 atom stereocenters. The normalized spacial score (nSPS) is 11.3. The molecule has 0 spiro atoms. The minimum Gasteiger partial charge on any atom is -0.370 e. The van der Waals surface area contributed by atoms with Gasteiger partial charge in [0.2, 0.25) is 0 Å². The van der Waals surface area contributed by atoms with Gasteiger partial charge in [-0.2, -0.15) is 0 Å². The zero-order valence-corrected chi connectivity index (χ0v) is 24.6. The molecule has 0 unspecified atom stereocenters. The van der Waals surface area contributed by atoms with Crippen LogP contribution in [0, 0.1) is 0 Å². The van der Waals surface area contributed by atoms with E-state index in [1.54, 1.807) is 6.07 Å². The van der Waals surface area contributed by atoms with Crippen molar-refractivity contribution >= 4 is 40.5 Å². The summed E-state index contributed by atoms with van der Waals surface area (Å²) in [5.74, 6) is 0. The number of hydrogen-bond donors (Lipinski definition) is 0. The number of benzene rings is 1. The summed E-state index contributed by atoms with van der Waals surface area (Å²) in [7, 11) is 0. The monoisotopic (exact) mass is 531 g/mol. The van der Waals surface area contributed by atoms with Gasteiger partial charge >= 0.3 is 0 Å².